The average molecular weight is 202 g/mol. The van der Waals surface area contributed by atoms with Crippen LogP contribution in [0.4, 0.5) is 5.69 Å². The number of nitrogens with zero attached hydrogens (tertiary/aromatic N) is 1. The van der Waals surface area contributed by atoms with Crippen molar-refractivity contribution in [2.75, 3.05) is 12.8 Å². The molecule has 2 N–H and O–H groups in total. The Morgan fingerprint density at radius 2 is 2.07 bits per heavy atom. The number of ether oxygens (including phenoxy) is 1. The van der Waals surface area contributed by atoms with Gasteiger partial charge >= 0.3 is 0 Å². The molecule has 0 aliphatic heterocycles. The minimum absolute atomic E-state index is 0.784. The average Bonchev–Trinajstić information content (AvgIpc) is 2.25. The van der Waals surface area contributed by atoms with Crippen molar-refractivity contribution in [2.45, 2.75) is 13.8 Å². The summed E-state index contributed by atoms with van der Waals surface area (Å²) in [6, 6.07) is 3.80. The van der Waals surface area contributed by atoms with Crippen molar-refractivity contribution in [3.05, 3.63) is 29.5 Å². The first-order chi connectivity index (χ1) is 7.15. The first-order valence-electron chi connectivity index (χ1n) is 4.83. The minimum atomic E-state index is 0.784. The molecule has 1 heterocycles. The maximum absolute atomic E-state index is 5.93. The van der Waals surface area contributed by atoms with E-state index in [-0.39, 0.29) is 0 Å². The van der Waals surface area contributed by atoms with E-state index in [0.29, 0.717) is 0 Å². The van der Waals surface area contributed by atoms with Crippen LogP contribution in [0.5, 0.6) is 5.75 Å². The molecule has 0 spiro atoms. The smallest absolute Gasteiger partial charge is 0.130 e. The van der Waals surface area contributed by atoms with Crippen molar-refractivity contribution in [1.29, 1.82) is 0 Å². The van der Waals surface area contributed by atoms with E-state index in [2.05, 4.69) is 4.98 Å². The molecule has 0 atom stereocenters. The molecule has 78 valence electrons. The van der Waals surface area contributed by atoms with E-state index in [1.54, 1.807) is 13.3 Å². The third kappa shape index (κ3) is 1.40. The van der Waals surface area contributed by atoms with Crippen LogP contribution in [-0.4, -0.2) is 12.1 Å². The standard InChI is InChI=1S/C12H14N2O/c1-7-6-9(13)8(2)11-10(15-3)4-5-14-12(7)11/h4-6H,13H2,1-3H3. The van der Waals surface area contributed by atoms with E-state index in [4.69, 9.17) is 10.5 Å². The van der Waals surface area contributed by atoms with Crippen molar-refractivity contribution in [3.8, 4) is 5.75 Å². The molecule has 0 fully saturated rings. The van der Waals surface area contributed by atoms with Crippen molar-refractivity contribution >= 4 is 16.6 Å². The van der Waals surface area contributed by atoms with Crippen LogP contribution in [-0.2, 0) is 0 Å². The summed E-state index contributed by atoms with van der Waals surface area (Å²) < 4.78 is 5.32. The number of hydrogen-bond donors (Lipinski definition) is 1. The molecule has 0 saturated heterocycles. The van der Waals surface area contributed by atoms with Crippen LogP contribution in [0, 0.1) is 13.8 Å². The molecule has 3 heteroatoms. The number of rotatable bonds is 1. The lowest BCUT2D eigenvalue weighted by Crippen LogP contribution is -1.96. The van der Waals surface area contributed by atoms with Gasteiger partial charge in [-0.3, -0.25) is 4.98 Å². The van der Waals surface area contributed by atoms with E-state index in [1.807, 2.05) is 26.0 Å². The molecule has 0 unspecified atom stereocenters. The molecule has 0 radical (unpaired) electrons. The van der Waals surface area contributed by atoms with Gasteiger partial charge in [0.25, 0.3) is 0 Å². The first kappa shape index (κ1) is 9.77. The molecule has 2 rings (SSSR count). The molecule has 0 amide bonds. The molecule has 0 aliphatic carbocycles. The Morgan fingerprint density at radius 1 is 1.33 bits per heavy atom. The number of nitrogen functional groups attached to an aromatic ring is 1. The highest BCUT2D eigenvalue weighted by Crippen LogP contribution is 2.32. The van der Waals surface area contributed by atoms with Gasteiger partial charge in [-0.25, -0.2) is 0 Å². The Hall–Kier alpha value is -1.77. The predicted octanol–water partition coefficient (Wildman–Crippen LogP) is 2.44. The Kier molecular flexibility index (Phi) is 2.23. The van der Waals surface area contributed by atoms with Crippen molar-refractivity contribution in [3.63, 3.8) is 0 Å². The van der Waals surface area contributed by atoms with Gasteiger partial charge in [-0.05, 0) is 37.1 Å². The number of aromatic nitrogens is 1. The van der Waals surface area contributed by atoms with Gasteiger partial charge < -0.3 is 10.5 Å². The summed E-state index contributed by atoms with van der Waals surface area (Å²) in [6.45, 7) is 3.99. The number of aryl methyl sites for hydroxylation is 2. The Balaban J connectivity index is 2.96. The topological polar surface area (TPSA) is 48.1 Å². The Bertz CT molecular complexity index is 521. The predicted molar refractivity (Wildman–Crippen MR) is 62.2 cm³/mol. The molecule has 1 aromatic heterocycles. The quantitative estimate of drug-likeness (QED) is 0.722. The van der Waals surface area contributed by atoms with Crippen LogP contribution in [0.15, 0.2) is 18.3 Å². The van der Waals surface area contributed by atoms with Gasteiger partial charge in [0.2, 0.25) is 0 Å². The van der Waals surface area contributed by atoms with Crippen LogP contribution in [0.3, 0.4) is 0 Å². The summed E-state index contributed by atoms with van der Waals surface area (Å²) in [5.74, 6) is 0.827. The molecule has 15 heavy (non-hydrogen) atoms. The Labute approximate surface area is 88.9 Å². The third-order valence-electron chi connectivity index (χ3n) is 2.69. The number of methoxy groups -OCH3 is 1. The molecule has 1 aromatic carbocycles. The van der Waals surface area contributed by atoms with Gasteiger partial charge in [0.15, 0.2) is 0 Å². The molecular formula is C12H14N2O. The molecular weight excluding hydrogens is 188 g/mol. The SMILES string of the molecule is COc1ccnc2c(C)cc(N)c(C)c12. The molecule has 0 saturated carbocycles. The highest BCUT2D eigenvalue weighted by molar-refractivity contribution is 5.93. The summed E-state index contributed by atoms with van der Waals surface area (Å²) in [5.41, 5.74) is 9.77. The number of fused-ring (bicyclic) bond motifs is 1. The Morgan fingerprint density at radius 3 is 2.73 bits per heavy atom. The van der Waals surface area contributed by atoms with Gasteiger partial charge in [0.1, 0.15) is 5.75 Å². The lowest BCUT2D eigenvalue weighted by molar-refractivity contribution is 0.419. The second-order valence-corrected chi connectivity index (χ2v) is 3.64. The summed E-state index contributed by atoms with van der Waals surface area (Å²) in [6.07, 6.45) is 1.75. The molecule has 3 nitrogen and oxygen atoms in total. The number of pyridine rings is 1. The summed E-state index contributed by atoms with van der Waals surface area (Å²) in [5, 5.41) is 1.01. The second-order valence-electron chi connectivity index (χ2n) is 3.64. The van der Waals surface area contributed by atoms with E-state index >= 15 is 0 Å². The van der Waals surface area contributed by atoms with E-state index in [9.17, 15) is 0 Å². The van der Waals surface area contributed by atoms with Crippen molar-refractivity contribution in [2.24, 2.45) is 0 Å². The van der Waals surface area contributed by atoms with Crippen molar-refractivity contribution in [1.82, 2.24) is 4.98 Å². The summed E-state index contributed by atoms with van der Waals surface area (Å²) in [4.78, 5) is 4.36. The minimum Gasteiger partial charge on any atom is -0.496 e. The molecule has 0 aliphatic rings. The second kappa shape index (κ2) is 3.42. The fraction of sp³-hybridized carbons (Fsp3) is 0.250. The van der Waals surface area contributed by atoms with E-state index < -0.39 is 0 Å². The monoisotopic (exact) mass is 202 g/mol. The highest BCUT2D eigenvalue weighted by atomic mass is 16.5. The third-order valence-corrected chi connectivity index (χ3v) is 2.69. The van der Waals surface area contributed by atoms with Crippen LogP contribution in [0.25, 0.3) is 10.9 Å². The van der Waals surface area contributed by atoms with Crippen LogP contribution >= 0.6 is 0 Å². The van der Waals surface area contributed by atoms with Crippen molar-refractivity contribution < 1.29 is 4.74 Å². The van der Waals surface area contributed by atoms with E-state index in [0.717, 1.165) is 33.5 Å². The van der Waals surface area contributed by atoms with E-state index in [1.165, 1.54) is 0 Å². The number of nitrogens with two attached hydrogens (primary N) is 1. The lowest BCUT2D eigenvalue weighted by Gasteiger charge is -2.11. The molecule has 2 aromatic rings. The van der Waals surface area contributed by atoms with Gasteiger partial charge in [-0.15, -0.1) is 0 Å². The maximum Gasteiger partial charge on any atom is 0.130 e. The fourth-order valence-electron chi connectivity index (χ4n) is 1.83. The van der Waals surface area contributed by atoms with Gasteiger partial charge in [-0.1, -0.05) is 0 Å². The zero-order valence-corrected chi connectivity index (χ0v) is 9.16. The van der Waals surface area contributed by atoms with Crippen LogP contribution in [0.1, 0.15) is 11.1 Å². The first-order valence-corrected chi connectivity index (χ1v) is 4.83. The van der Waals surface area contributed by atoms with Gasteiger partial charge in [-0.2, -0.15) is 0 Å². The zero-order chi connectivity index (χ0) is 11.0. The highest BCUT2D eigenvalue weighted by Gasteiger charge is 2.10. The number of hydrogen-bond acceptors (Lipinski definition) is 3. The normalized spacial score (nSPS) is 10.6. The molecule has 0 bridgehead atoms. The van der Waals surface area contributed by atoms with Gasteiger partial charge in [0, 0.05) is 17.3 Å². The fourth-order valence-corrected chi connectivity index (χ4v) is 1.83. The van der Waals surface area contributed by atoms with Crippen LogP contribution in [0.2, 0.25) is 0 Å². The largest absolute Gasteiger partial charge is 0.496 e. The number of benzene rings is 1. The van der Waals surface area contributed by atoms with Crippen LogP contribution < -0.4 is 10.5 Å². The summed E-state index contributed by atoms with van der Waals surface area (Å²) >= 11 is 0. The van der Waals surface area contributed by atoms with Gasteiger partial charge in [0.05, 0.1) is 12.6 Å². The lowest BCUT2D eigenvalue weighted by atomic mass is 10.0. The maximum atomic E-state index is 5.93. The zero-order valence-electron chi connectivity index (χ0n) is 9.16. The summed E-state index contributed by atoms with van der Waals surface area (Å²) in [7, 11) is 1.66. The number of anilines is 1.